The molecule has 2 N–H and O–H groups in total. The van der Waals surface area contributed by atoms with Crippen LogP contribution >= 0.6 is 11.3 Å². The lowest BCUT2D eigenvalue weighted by Crippen LogP contribution is -2.34. The maximum atomic E-state index is 5.98. The minimum Gasteiger partial charge on any atom is -0.441 e. The molecule has 6 nitrogen and oxygen atoms in total. The number of aromatic nitrogens is 1. The Morgan fingerprint density at radius 3 is 2.88 bits per heavy atom. The van der Waals surface area contributed by atoms with Crippen LogP contribution in [0.25, 0.3) is 11.5 Å². The lowest BCUT2D eigenvalue weighted by atomic mass is 10.2. The van der Waals surface area contributed by atoms with Gasteiger partial charge in [-0.2, -0.15) is 11.3 Å². The maximum absolute atomic E-state index is 5.98. The second-order valence-electron chi connectivity index (χ2n) is 6.08. The van der Waals surface area contributed by atoms with Gasteiger partial charge in [-0.15, -0.1) is 0 Å². The van der Waals surface area contributed by atoms with Crippen LogP contribution in [0.2, 0.25) is 0 Å². The Kier molecular flexibility index (Phi) is 5.87. The Morgan fingerprint density at radius 1 is 1.38 bits per heavy atom. The molecule has 0 saturated carbocycles. The summed E-state index contributed by atoms with van der Waals surface area (Å²) in [6, 6.07) is 1.98. The van der Waals surface area contributed by atoms with Crippen LogP contribution in [-0.4, -0.2) is 35.4 Å². The summed E-state index contributed by atoms with van der Waals surface area (Å²) < 4.78 is 5.68. The molecule has 7 heteroatoms. The fourth-order valence-electron chi connectivity index (χ4n) is 2.80. The summed E-state index contributed by atoms with van der Waals surface area (Å²) >= 11 is 1.61. The molecule has 0 radical (unpaired) electrons. The molecule has 0 unspecified atom stereocenters. The molecule has 3 rings (SSSR count). The summed E-state index contributed by atoms with van der Waals surface area (Å²) in [7, 11) is 0. The van der Waals surface area contributed by atoms with Crippen molar-refractivity contribution in [1.82, 2.24) is 9.88 Å². The van der Waals surface area contributed by atoms with E-state index in [1.165, 1.54) is 25.7 Å². The van der Waals surface area contributed by atoms with E-state index in [9.17, 15) is 0 Å². The molecule has 0 atom stereocenters. The molecule has 3 heterocycles. The number of aryl methyl sites for hydroxylation is 1. The van der Waals surface area contributed by atoms with E-state index < -0.39 is 0 Å². The summed E-state index contributed by atoms with van der Waals surface area (Å²) in [5.74, 6) is 1.88. The van der Waals surface area contributed by atoms with Crippen molar-refractivity contribution in [2.45, 2.75) is 39.2 Å². The fourth-order valence-corrected chi connectivity index (χ4v) is 3.43. The van der Waals surface area contributed by atoms with E-state index in [-0.39, 0.29) is 6.61 Å². The van der Waals surface area contributed by atoms with Crippen LogP contribution < -0.4 is 5.73 Å². The molecule has 1 aliphatic heterocycles. The van der Waals surface area contributed by atoms with Gasteiger partial charge in [0.1, 0.15) is 11.5 Å². The van der Waals surface area contributed by atoms with Gasteiger partial charge in [0.25, 0.3) is 0 Å². The van der Waals surface area contributed by atoms with Gasteiger partial charge < -0.3 is 15.0 Å². The quantitative estimate of drug-likeness (QED) is 0.492. The van der Waals surface area contributed by atoms with Crippen molar-refractivity contribution in [1.29, 1.82) is 0 Å². The van der Waals surface area contributed by atoms with E-state index in [0.717, 1.165) is 30.1 Å². The third-order valence-electron chi connectivity index (χ3n) is 4.13. The summed E-state index contributed by atoms with van der Waals surface area (Å²) in [4.78, 5) is 12.2. The van der Waals surface area contributed by atoms with Crippen molar-refractivity contribution in [3.63, 3.8) is 0 Å². The largest absolute Gasteiger partial charge is 0.441 e. The number of hydrogen-bond acceptors (Lipinski definition) is 6. The zero-order chi connectivity index (χ0) is 16.8. The van der Waals surface area contributed by atoms with Gasteiger partial charge in [0, 0.05) is 10.9 Å². The molecule has 0 spiro atoms. The molecule has 2 aromatic rings. The third kappa shape index (κ3) is 4.58. The van der Waals surface area contributed by atoms with Crippen LogP contribution in [0.15, 0.2) is 26.4 Å². The van der Waals surface area contributed by atoms with Gasteiger partial charge in [-0.25, -0.2) is 4.98 Å². The Hall–Kier alpha value is -1.86. The second kappa shape index (κ2) is 8.30. The molecule has 0 aliphatic carbocycles. The first-order valence-corrected chi connectivity index (χ1v) is 9.32. The van der Waals surface area contributed by atoms with E-state index >= 15 is 0 Å². The molecule has 0 aromatic carbocycles. The SMILES string of the molecule is Cc1oc(-c2ccsc2)nc1CON=C(N)CN1CCCCCC1. The summed E-state index contributed by atoms with van der Waals surface area (Å²) in [6.07, 6.45) is 5.08. The molecule has 1 aliphatic rings. The van der Waals surface area contributed by atoms with Gasteiger partial charge in [0.2, 0.25) is 5.89 Å². The molecule has 24 heavy (non-hydrogen) atoms. The third-order valence-corrected chi connectivity index (χ3v) is 4.81. The van der Waals surface area contributed by atoms with Gasteiger partial charge >= 0.3 is 0 Å². The zero-order valence-electron chi connectivity index (χ0n) is 14.0. The minimum atomic E-state index is 0.264. The lowest BCUT2D eigenvalue weighted by molar-refractivity contribution is 0.125. The van der Waals surface area contributed by atoms with Gasteiger partial charge in [0.15, 0.2) is 12.4 Å². The molecular formula is C17H24N4O2S. The highest BCUT2D eigenvalue weighted by Gasteiger charge is 2.13. The van der Waals surface area contributed by atoms with Crippen molar-refractivity contribution < 1.29 is 9.25 Å². The molecule has 2 aromatic heterocycles. The lowest BCUT2D eigenvalue weighted by Gasteiger charge is -2.18. The van der Waals surface area contributed by atoms with Gasteiger partial charge in [-0.05, 0) is 44.3 Å². The highest BCUT2D eigenvalue weighted by atomic mass is 32.1. The van der Waals surface area contributed by atoms with Crippen LogP contribution in [0.1, 0.15) is 37.1 Å². The number of oxime groups is 1. The Bertz CT molecular complexity index is 658. The van der Waals surface area contributed by atoms with Crippen molar-refractivity contribution in [3.8, 4) is 11.5 Å². The number of thiophene rings is 1. The molecule has 0 amide bonds. The normalized spacial score (nSPS) is 17.0. The number of rotatable bonds is 6. The van der Waals surface area contributed by atoms with Crippen molar-refractivity contribution in [2.24, 2.45) is 10.9 Å². The van der Waals surface area contributed by atoms with Crippen LogP contribution in [0.4, 0.5) is 0 Å². The number of nitrogens with two attached hydrogens (primary N) is 1. The molecule has 130 valence electrons. The molecular weight excluding hydrogens is 324 g/mol. The highest BCUT2D eigenvalue weighted by Crippen LogP contribution is 2.24. The van der Waals surface area contributed by atoms with Crippen LogP contribution in [-0.2, 0) is 11.4 Å². The minimum absolute atomic E-state index is 0.264. The van der Waals surface area contributed by atoms with Crippen LogP contribution in [0.5, 0.6) is 0 Å². The first kappa shape index (κ1) is 17.0. The monoisotopic (exact) mass is 348 g/mol. The first-order valence-electron chi connectivity index (χ1n) is 8.38. The standard InChI is InChI=1S/C17H24N4O2S/c1-13-15(19-17(23-13)14-6-9-24-12-14)11-22-20-16(18)10-21-7-4-2-3-5-8-21/h6,9,12H,2-5,7-8,10-11H2,1H3,(H2,18,20). The number of oxazole rings is 1. The number of hydrogen-bond donors (Lipinski definition) is 1. The Balaban J connectivity index is 1.51. The van der Waals surface area contributed by atoms with E-state index in [2.05, 4.69) is 15.0 Å². The average molecular weight is 348 g/mol. The molecule has 1 fully saturated rings. The number of amidine groups is 1. The smallest absolute Gasteiger partial charge is 0.227 e. The number of nitrogens with zero attached hydrogens (tertiary/aromatic N) is 3. The maximum Gasteiger partial charge on any atom is 0.227 e. The highest BCUT2D eigenvalue weighted by molar-refractivity contribution is 7.08. The van der Waals surface area contributed by atoms with Crippen molar-refractivity contribution in [3.05, 3.63) is 28.3 Å². The molecule has 1 saturated heterocycles. The summed E-state index contributed by atoms with van der Waals surface area (Å²) in [6.45, 7) is 4.98. The van der Waals surface area contributed by atoms with Gasteiger partial charge in [0.05, 0.1) is 6.54 Å². The topological polar surface area (TPSA) is 76.9 Å². The van der Waals surface area contributed by atoms with Crippen molar-refractivity contribution >= 4 is 17.2 Å². The molecule has 0 bridgehead atoms. The predicted octanol–water partition coefficient (Wildman–Crippen LogP) is 3.38. The Labute approximate surface area is 146 Å². The first-order chi connectivity index (χ1) is 11.7. The number of likely N-dealkylation sites (tertiary alicyclic amines) is 1. The van der Waals surface area contributed by atoms with Crippen LogP contribution in [0.3, 0.4) is 0 Å². The predicted molar refractivity (Wildman–Crippen MR) is 95.9 cm³/mol. The van der Waals surface area contributed by atoms with Gasteiger partial charge in [-0.3, -0.25) is 4.90 Å². The van der Waals surface area contributed by atoms with E-state index in [0.29, 0.717) is 18.3 Å². The average Bonchev–Trinajstić information content (AvgIpc) is 3.14. The summed E-state index contributed by atoms with van der Waals surface area (Å²) in [5.41, 5.74) is 7.72. The van der Waals surface area contributed by atoms with E-state index in [4.69, 9.17) is 15.0 Å². The van der Waals surface area contributed by atoms with Crippen LogP contribution in [0, 0.1) is 6.92 Å². The van der Waals surface area contributed by atoms with E-state index in [1.54, 1.807) is 11.3 Å². The van der Waals surface area contributed by atoms with E-state index in [1.807, 2.05) is 23.8 Å². The van der Waals surface area contributed by atoms with Crippen molar-refractivity contribution in [2.75, 3.05) is 19.6 Å². The fraction of sp³-hybridized carbons (Fsp3) is 0.529. The Morgan fingerprint density at radius 2 is 2.17 bits per heavy atom. The summed E-state index contributed by atoms with van der Waals surface area (Å²) in [5, 5.41) is 8.04. The van der Waals surface area contributed by atoms with Gasteiger partial charge in [-0.1, -0.05) is 18.0 Å². The second-order valence-corrected chi connectivity index (χ2v) is 6.86. The zero-order valence-corrected chi connectivity index (χ0v) is 14.8.